The van der Waals surface area contributed by atoms with Crippen LogP contribution in [0.3, 0.4) is 0 Å². The van der Waals surface area contributed by atoms with E-state index >= 15 is 0 Å². The maximum atomic E-state index is 11.5. The van der Waals surface area contributed by atoms with Crippen molar-refractivity contribution in [3.8, 4) is 0 Å². The molecule has 1 aromatic rings. The Morgan fingerprint density at radius 3 is 2.44 bits per heavy atom. The molecule has 1 N–H and O–H groups in total. The second-order valence-electron chi connectivity index (χ2n) is 4.91. The third kappa shape index (κ3) is 3.31. The molecule has 0 amide bonds. The van der Waals surface area contributed by atoms with Gasteiger partial charge in [-0.15, -0.1) is 0 Å². The highest BCUT2D eigenvalue weighted by Gasteiger charge is 2.27. The number of hydrogen-bond donors (Lipinski definition) is 1. The van der Waals surface area contributed by atoms with Gasteiger partial charge < -0.3 is 5.11 Å². The van der Waals surface area contributed by atoms with E-state index in [0.29, 0.717) is 6.54 Å². The zero-order valence-electron chi connectivity index (χ0n) is 10.5. The molecule has 0 saturated carbocycles. The summed E-state index contributed by atoms with van der Waals surface area (Å²) >= 11 is 0. The van der Waals surface area contributed by atoms with Crippen LogP contribution in [-0.4, -0.2) is 42.5 Å². The van der Waals surface area contributed by atoms with Gasteiger partial charge in [-0.25, -0.2) is 8.42 Å². The molecule has 1 atom stereocenters. The monoisotopic (exact) mass is 269 g/mol. The predicted molar refractivity (Wildman–Crippen MR) is 70.9 cm³/mol. The number of aliphatic hydroxyl groups excluding tert-OH is 1. The molecule has 0 aliphatic carbocycles. The van der Waals surface area contributed by atoms with Crippen LogP contribution in [0.25, 0.3) is 0 Å². The minimum atomic E-state index is -2.84. The Hall–Kier alpha value is -0.910. The Balaban J connectivity index is 2.01. The average Bonchev–Trinajstić information content (AvgIpc) is 2.33. The quantitative estimate of drug-likeness (QED) is 0.882. The van der Waals surface area contributed by atoms with E-state index in [1.165, 1.54) is 0 Å². The Bertz CT molecular complexity index is 495. The van der Waals surface area contributed by atoms with Crippen molar-refractivity contribution in [3.05, 3.63) is 35.4 Å². The maximum absolute atomic E-state index is 11.5. The molecular weight excluding hydrogens is 250 g/mol. The lowest BCUT2D eigenvalue weighted by Crippen LogP contribution is -2.46. The van der Waals surface area contributed by atoms with Gasteiger partial charge >= 0.3 is 0 Å². The van der Waals surface area contributed by atoms with Crippen molar-refractivity contribution in [1.82, 2.24) is 4.90 Å². The highest BCUT2D eigenvalue weighted by atomic mass is 32.2. The number of benzene rings is 1. The highest BCUT2D eigenvalue weighted by molar-refractivity contribution is 7.91. The maximum Gasteiger partial charge on any atom is 0.153 e. The SMILES string of the molecule is CC1CS(=O)(=O)CCN1Cc1ccc(CO)cc1. The lowest BCUT2D eigenvalue weighted by atomic mass is 10.1. The minimum absolute atomic E-state index is 0.0542. The fourth-order valence-electron chi connectivity index (χ4n) is 2.25. The molecule has 1 heterocycles. The van der Waals surface area contributed by atoms with Gasteiger partial charge in [0, 0.05) is 19.1 Å². The molecule has 0 radical (unpaired) electrons. The minimum Gasteiger partial charge on any atom is -0.392 e. The van der Waals surface area contributed by atoms with Gasteiger partial charge in [0.15, 0.2) is 9.84 Å². The van der Waals surface area contributed by atoms with Crippen LogP contribution in [0.4, 0.5) is 0 Å². The van der Waals surface area contributed by atoms with Crippen molar-refractivity contribution in [2.75, 3.05) is 18.1 Å². The van der Waals surface area contributed by atoms with Crippen LogP contribution in [0.1, 0.15) is 18.1 Å². The molecule has 5 heteroatoms. The molecule has 0 bridgehead atoms. The van der Waals surface area contributed by atoms with Gasteiger partial charge in [0.05, 0.1) is 18.1 Å². The van der Waals surface area contributed by atoms with Crippen LogP contribution in [-0.2, 0) is 23.0 Å². The zero-order chi connectivity index (χ0) is 13.2. The van der Waals surface area contributed by atoms with Gasteiger partial charge in [0.2, 0.25) is 0 Å². The Morgan fingerprint density at radius 2 is 1.89 bits per heavy atom. The van der Waals surface area contributed by atoms with E-state index in [1.807, 2.05) is 31.2 Å². The molecule has 1 aliphatic rings. The van der Waals surface area contributed by atoms with Crippen molar-refractivity contribution in [2.45, 2.75) is 26.1 Å². The van der Waals surface area contributed by atoms with Crippen LogP contribution in [0.5, 0.6) is 0 Å². The highest BCUT2D eigenvalue weighted by Crippen LogP contribution is 2.15. The lowest BCUT2D eigenvalue weighted by Gasteiger charge is -2.33. The summed E-state index contributed by atoms with van der Waals surface area (Å²) in [7, 11) is -2.84. The predicted octanol–water partition coefficient (Wildman–Crippen LogP) is 0.798. The largest absolute Gasteiger partial charge is 0.392 e. The van der Waals surface area contributed by atoms with Crippen molar-refractivity contribution in [3.63, 3.8) is 0 Å². The van der Waals surface area contributed by atoms with Crippen LogP contribution in [0.15, 0.2) is 24.3 Å². The Morgan fingerprint density at radius 1 is 1.28 bits per heavy atom. The summed E-state index contributed by atoms with van der Waals surface area (Å²) in [6.45, 7) is 3.38. The molecule has 4 nitrogen and oxygen atoms in total. The van der Waals surface area contributed by atoms with Crippen molar-refractivity contribution < 1.29 is 13.5 Å². The smallest absolute Gasteiger partial charge is 0.153 e. The fourth-order valence-corrected chi connectivity index (χ4v) is 3.88. The van der Waals surface area contributed by atoms with Crippen molar-refractivity contribution in [1.29, 1.82) is 0 Å². The van der Waals surface area contributed by atoms with Gasteiger partial charge in [-0.05, 0) is 18.1 Å². The Kier molecular flexibility index (Phi) is 4.04. The van der Waals surface area contributed by atoms with E-state index in [0.717, 1.165) is 17.7 Å². The first-order chi connectivity index (χ1) is 8.50. The second kappa shape index (κ2) is 5.38. The van der Waals surface area contributed by atoms with E-state index in [9.17, 15) is 8.42 Å². The van der Waals surface area contributed by atoms with Gasteiger partial charge in [-0.3, -0.25) is 4.90 Å². The summed E-state index contributed by atoms with van der Waals surface area (Å²) in [4.78, 5) is 2.19. The first-order valence-corrected chi connectivity index (χ1v) is 7.95. The lowest BCUT2D eigenvalue weighted by molar-refractivity contribution is 0.218. The summed E-state index contributed by atoms with van der Waals surface area (Å²) in [5, 5.41) is 8.97. The average molecular weight is 269 g/mol. The molecule has 1 unspecified atom stereocenters. The molecule has 1 aliphatic heterocycles. The number of nitrogens with zero attached hydrogens (tertiary/aromatic N) is 1. The number of hydrogen-bond acceptors (Lipinski definition) is 4. The summed E-state index contributed by atoms with van der Waals surface area (Å²) in [6.07, 6.45) is 0. The van der Waals surface area contributed by atoms with Crippen LogP contribution in [0.2, 0.25) is 0 Å². The Labute approximate surface area is 108 Å². The van der Waals surface area contributed by atoms with E-state index in [4.69, 9.17) is 5.11 Å². The molecule has 0 spiro atoms. The van der Waals surface area contributed by atoms with Crippen LogP contribution < -0.4 is 0 Å². The summed E-state index contributed by atoms with van der Waals surface area (Å²) in [5.74, 6) is 0.508. The summed E-state index contributed by atoms with van der Waals surface area (Å²) < 4.78 is 23.0. The molecule has 18 heavy (non-hydrogen) atoms. The first kappa shape index (κ1) is 13.5. The molecule has 1 fully saturated rings. The fraction of sp³-hybridized carbons (Fsp3) is 0.538. The molecule has 1 saturated heterocycles. The van der Waals surface area contributed by atoms with Gasteiger partial charge in [-0.1, -0.05) is 24.3 Å². The summed E-state index contributed by atoms with van der Waals surface area (Å²) in [5.41, 5.74) is 2.05. The van der Waals surface area contributed by atoms with Gasteiger partial charge in [0.25, 0.3) is 0 Å². The van der Waals surface area contributed by atoms with E-state index in [2.05, 4.69) is 4.90 Å². The van der Waals surface area contributed by atoms with Crippen LogP contribution in [0, 0.1) is 0 Å². The van der Waals surface area contributed by atoms with E-state index in [1.54, 1.807) is 0 Å². The third-order valence-electron chi connectivity index (χ3n) is 3.40. The number of aliphatic hydroxyl groups is 1. The standard InChI is InChI=1S/C13H19NO3S/c1-11-10-18(16,17)7-6-14(11)8-12-2-4-13(9-15)5-3-12/h2-5,11,15H,6-10H2,1H3. The normalized spacial score (nSPS) is 24.0. The van der Waals surface area contributed by atoms with E-state index < -0.39 is 9.84 Å². The van der Waals surface area contributed by atoms with Crippen molar-refractivity contribution >= 4 is 9.84 Å². The topological polar surface area (TPSA) is 57.6 Å². The second-order valence-corrected chi connectivity index (χ2v) is 7.14. The molecular formula is C13H19NO3S. The summed E-state index contributed by atoms with van der Waals surface area (Å²) in [6, 6.07) is 7.85. The van der Waals surface area contributed by atoms with Crippen molar-refractivity contribution in [2.24, 2.45) is 0 Å². The molecule has 2 rings (SSSR count). The molecule has 1 aromatic carbocycles. The molecule has 100 valence electrons. The van der Waals surface area contributed by atoms with Gasteiger partial charge in [-0.2, -0.15) is 0 Å². The van der Waals surface area contributed by atoms with Gasteiger partial charge in [0.1, 0.15) is 0 Å². The number of rotatable bonds is 3. The molecule has 0 aromatic heterocycles. The first-order valence-electron chi connectivity index (χ1n) is 6.13. The van der Waals surface area contributed by atoms with E-state index in [-0.39, 0.29) is 24.2 Å². The number of sulfone groups is 1. The van der Waals surface area contributed by atoms with Crippen LogP contribution >= 0.6 is 0 Å². The zero-order valence-corrected chi connectivity index (χ0v) is 11.4. The third-order valence-corrected chi connectivity index (χ3v) is 5.19.